The minimum atomic E-state index is 0.264. The van der Waals surface area contributed by atoms with Gasteiger partial charge in [0.15, 0.2) is 5.82 Å². The highest BCUT2D eigenvalue weighted by Gasteiger charge is 2.11. The van der Waals surface area contributed by atoms with Gasteiger partial charge in [0.2, 0.25) is 0 Å². The number of hydrogen-bond acceptors (Lipinski definition) is 4. The number of para-hydroxylation sites is 1. The van der Waals surface area contributed by atoms with Gasteiger partial charge in [0.1, 0.15) is 18.7 Å². The van der Waals surface area contributed by atoms with Crippen molar-refractivity contribution in [3.05, 3.63) is 42.0 Å². The van der Waals surface area contributed by atoms with Crippen molar-refractivity contribution in [1.82, 2.24) is 20.1 Å². The fourth-order valence-corrected chi connectivity index (χ4v) is 2.33. The topological polar surface area (TPSA) is 52.0 Å². The van der Waals surface area contributed by atoms with Gasteiger partial charge in [0.25, 0.3) is 0 Å². The molecule has 0 amide bonds. The molecule has 1 aromatic carbocycles. The summed E-state index contributed by atoms with van der Waals surface area (Å²) in [5.41, 5.74) is 1.17. The van der Waals surface area contributed by atoms with Gasteiger partial charge in [-0.1, -0.05) is 32.0 Å². The van der Waals surface area contributed by atoms with Gasteiger partial charge in [-0.15, -0.1) is 0 Å². The number of ether oxygens (including phenoxy) is 1. The molecule has 1 aromatic heterocycles. The van der Waals surface area contributed by atoms with Crippen molar-refractivity contribution in [3.63, 3.8) is 0 Å². The van der Waals surface area contributed by atoms with E-state index in [-0.39, 0.29) is 6.04 Å². The fraction of sp³-hybridized carbons (Fsp3) is 0.500. The molecule has 0 aliphatic rings. The summed E-state index contributed by atoms with van der Waals surface area (Å²) in [4.78, 5) is 4.27. The van der Waals surface area contributed by atoms with E-state index < -0.39 is 0 Å². The van der Waals surface area contributed by atoms with Crippen LogP contribution in [0.25, 0.3) is 0 Å². The molecular formula is C16H24N4O. The molecule has 0 saturated heterocycles. The van der Waals surface area contributed by atoms with E-state index in [2.05, 4.69) is 42.2 Å². The van der Waals surface area contributed by atoms with Gasteiger partial charge >= 0.3 is 0 Å². The first-order valence-corrected chi connectivity index (χ1v) is 7.58. The lowest BCUT2D eigenvalue weighted by Crippen LogP contribution is -2.18. The molecule has 0 aliphatic carbocycles. The van der Waals surface area contributed by atoms with E-state index >= 15 is 0 Å². The normalized spacial score (nSPS) is 12.3. The summed E-state index contributed by atoms with van der Waals surface area (Å²) in [6.45, 7) is 8.61. The van der Waals surface area contributed by atoms with Crippen molar-refractivity contribution >= 4 is 0 Å². The number of rotatable bonds is 8. The standard InChI is InChI=1S/C16H24N4O/c1-4-10-20-16(18-12-19-20)11-21-15-9-7-6-8-14(15)13(3)17-5-2/h6-9,12-13,17H,4-5,10-11H2,1-3H3. The highest BCUT2D eigenvalue weighted by atomic mass is 16.5. The SMILES string of the molecule is CCCn1ncnc1COc1ccccc1C(C)NCC. The minimum Gasteiger partial charge on any atom is -0.485 e. The molecule has 2 aromatic rings. The van der Waals surface area contributed by atoms with Gasteiger partial charge in [0, 0.05) is 18.2 Å². The van der Waals surface area contributed by atoms with Crippen molar-refractivity contribution in [2.75, 3.05) is 6.54 Å². The maximum atomic E-state index is 5.97. The second kappa shape index (κ2) is 7.78. The summed E-state index contributed by atoms with van der Waals surface area (Å²) in [5, 5.41) is 7.63. The Kier molecular flexibility index (Phi) is 5.75. The molecule has 21 heavy (non-hydrogen) atoms. The summed E-state index contributed by atoms with van der Waals surface area (Å²) in [6.07, 6.45) is 2.62. The Morgan fingerprint density at radius 1 is 1.29 bits per heavy atom. The summed E-state index contributed by atoms with van der Waals surface area (Å²) >= 11 is 0. The number of nitrogens with zero attached hydrogens (tertiary/aromatic N) is 3. The molecule has 0 bridgehead atoms. The molecule has 0 fully saturated rings. The van der Waals surface area contributed by atoms with Crippen molar-refractivity contribution < 1.29 is 4.74 Å². The number of benzene rings is 1. The van der Waals surface area contributed by atoms with Gasteiger partial charge < -0.3 is 10.1 Å². The molecular weight excluding hydrogens is 264 g/mol. The predicted octanol–water partition coefficient (Wildman–Crippen LogP) is 2.94. The number of aryl methyl sites for hydroxylation is 1. The van der Waals surface area contributed by atoms with Crippen molar-refractivity contribution in [2.24, 2.45) is 0 Å². The van der Waals surface area contributed by atoms with Gasteiger partial charge in [-0.3, -0.25) is 0 Å². The van der Waals surface area contributed by atoms with E-state index in [0.29, 0.717) is 6.61 Å². The Bertz CT molecular complexity index is 553. The second-order valence-electron chi connectivity index (χ2n) is 5.01. The number of aromatic nitrogens is 3. The van der Waals surface area contributed by atoms with Crippen molar-refractivity contribution in [1.29, 1.82) is 0 Å². The van der Waals surface area contributed by atoms with Crippen LogP contribution in [0.15, 0.2) is 30.6 Å². The van der Waals surface area contributed by atoms with Gasteiger partial charge in [-0.2, -0.15) is 5.10 Å². The maximum Gasteiger partial charge on any atom is 0.164 e. The Morgan fingerprint density at radius 2 is 2.10 bits per heavy atom. The molecule has 1 unspecified atom stereocenters. The van der Waals surface area contributed by atoms with Crippen LogP contribution in [0.2, 0.25) is 0 Å². The first-order chi connectivity index (χ1) is 10.3. The first kappa shape index (κ1) is 15.5. The molecule has 1 N–H and O–H groups in total. The summed E-state index contributed by atoms with van der Waals surface area (Å²) in [5.74, 6) is 1.76. The van der Waals surface area contributed by atoms with Gasteiger partial charge in [0.05, 0.1) is 0 Å². The highest BCUT2D eigenvalue weighted by molar-refractivity contribution is 5.35. The van der Waals surface area contributed by atoms with E-state index in [0.717, 1.165) is 31.1 Å². The molecule has 5 nitrogen and oxygen atoms in total. The molecule has 5 heteroatoms. The van der Waals surface area contributed by atoms with E-state index in [1.54, 1.807) is 6.33 Å². The van der Waals surface area contributed by atoms with Gasteiger partial charge in [-0.05, 0) is 26.0 Å². The Balaban J connectivity index is 2.07. The zero-order chi connectivity index (χ0) is 15.1. The van der Waals surface area contributed by atoms with Crippen LogP contribution in [0, 0.1) is 0 Å². The minimum absolute atomic E-state index is 0.264. The van der Waals surface area contributed by atoms with Gasteiger partial charge in [-0.25, -0.2) is 9.67 Å². The highest BCUT2D eigenvalue weighted by Crippen LogP contribution is 2.25. The van der Waals surface area contributed by atoms with Crippen LogP contribution in [0.5, 0.6) is 5.75 Å². The lowest BCUT2D eigenvalue weighted by molar-refractivity contribution is 0.281. The van der Waals surface area contributed by atoms with E-state index in [9.17, 15) is 0 Å². The van der Waals surface area contributed by atoms with Crippen LogP contribution in [-0.2, 0) is 13.2 Å². The maximum absolute atomic E-state index is 5.97. The summed E-state index contributed by atoms with van der Waals surface area (Å²) < 4.78 is 7.87. The van der Waals surface area contributed by atoms with Crippen LogP contribution < -0.4 is 10.1 Å². The van der Waals surface area contributed by atoms with Crippen LogP contribution in [-0.4, -0.2) is 21.3 Å². The average Bonchev–Trinajstić information content (AvgIpc) is 2.93. The summed E-state index contributed by atoms with van der Waals surface area (Å²) in [6, 6.07) is 8.40. The van der Waals surface area contributed by atoms with E-state index in [4.69, 9.17) is 4.74 Å². The molecule has 0 saturated carbocycles. The lowest BCUT2D eigenvalue weighted by atomic mass is 10.1. The zero-order valence-electron chi connectivity index (χ0n) is 13.0. The van der Waals surface area contributed by atoms with Crippen LogP contribution in [0.4, 0.5) is 0 Å². The largest absolute Gasteiger partial charge is 0.485 e. The third kappa shape index (κ3) is 4.04. The molecule has 0 radical (unpaired) electrons. The third-order valence-electron chi connectivity index (χ3n) is 3.38. The predicted molar refractivity (Wildman–Crippen MR) is 83.2 cm³/mol. The summed E-state index contributed by atoms with van der Waals surface area (Å²) in [7, 11) is 0. The molecule has 0 aliphatic heterocycles. The zero-order valence-corrected chi connectivity index (χ0v) is 13.0. The Hall–Kier alpha value is -1.88. The van der Waals surface area contributed by atoms with Crippen LogP contribution in [0.3, 0.4) is 0 Å². The number of nitrogens with one attached hydrogen (secondary N) is 1. The number of hydrogen-bond donors (Lipinski definition) is 1. The van der Waals surface area contributed by atoms with Crippen molar-refractivity contribution in [3.8, 4) is 5.75 Å². The van der Waals surface area contributed by atoms with Crippen molar-refractivity contribution in [2.45, 2.75) is 46.4 Å². The Morgan fingerprint density at radius 3 is 2.86 bits per heavy atom. The third-order valence-corrected chi connectivity index (χ3v) is 3.38. The molecule has 114 valence electrons. The van der Waals surface area contributed by atoms with E-state index in [1.807, 2.05) is 22.9 Å². The molecule has 0 spiro atoms. The van der Waals surface area contributed by atoms with E-state index in [1.165, 1.54) is 5.56 Å². The lowest BCUT2D eigenvalue weighted by Gasteiger charge is -2.17. The average molecular weight is 288 g/mol. The first-order valence-electron chi connectivity index (χ1n) is 7.58. The second-order valence-corrected chi connectivity index (χ2v) is 5.01. The van der Waals surface area contributed by atoms with Crippen LogP contribution in [0.1, 0.15) is 44.6 Å². The molecule has 1 atom stereocenters. The smallest absolute Gasteiger partial charge is 0.164 e. The molecule has 1 heterocycles. The Labute approximate surface area is 126 Å². The monoisotopic (exact) mass is 288 g/mol. The van der Waals surface area contributed by atoms with Crippen LogP contribution >= 0.6 is 0 Å². The molecule has 2 rings (SSSR count). The quantitative estimate of drug-likeness (QED) is 0.811. The fourth-order valence-electron chi connectivity index (χ4n) is 2.33.